The minimum absolute atomic E-state index is 0.255. The van der Waals surface area contributed by atoms with Crippen molar-refractivity contribution in [2.24, 2.45) is 0 Å². The van der Waals surface area contributed by atoms with Crippen molar-refractivity contribution >= 4 is 59.8 Å². The van der Waals surface area contributed by atoms with Gasteiger partial charge in [-0.15, -0.1) is 23.2 Å². The molecule has 0 saturated carbocycles. The fraction of sp³-hybridized carbons (Fsp3) is 1.00. The third kappa shape index (κ3) is 18.4. The standard InChI is InChI=1S/C2H3BrCl2.ClH3Si/c3-1-2(4)5;1-2/h2H,1H2;2H3. The second kappa shape index (κ2) is 10.5. The molecule has 0 aliphatic rings. The molecule has 0 aromatic rings. The molecule has 0 spiro atoms. The molecule has 46 valence electrons. The molecule has 0 aliphatic carbocycles. The first kappa shape index (κ1) is 11.4. The Kier molecular flexibility index (Phi) is 17.1. The van der Waals surface area contributed by atoms with Crippen LogP contribution in [0.1, 0.15) is 0 Å². The minimum Gasteiger partial charge on any atom is -0.181 e. The average Bonchev–Trinajstić information content (AvgIpc) is 1.73. The molecule has 7 heavy (non-hydrogen) atoms. The van der Waals surface area contributed by atoms with Crippen LogP contribution in [0.3, 0.4) is 0 Å². The minimum atomic E-state index is -0.255. The summed E-state index contributed by atoms with van der Waals surface area (Å²) in [5.41, 5.74) is 0. The molecule has 5 heteroatoms. The second-order valence-corrected chi connectivity index (χ2v) is 2.47. The zero-order valence-corrected chi connectivity index (χ0v) is 9.65. The van der Waals surface area contributed by atoms with Crippen LogP contribution in [-0.4, -0.2) is 19.7 Å². The van der Waals surface area contributed by atoms with Crippen LogP contribution >= 0.6 is 50.2 Å². The number of alkyl halides is 3. The lowest BCUT2D eigenvalue weighted by Gasteiger charge is -1.82. The van der Waals surface area contributed by atoms with Gasteiger partial charge >= 0.3 is 0 Å². The van der Waals surface area contributed by atoms with E-state index in [0.29, 0.717) is 5.33 Å². The van der Waals surface area contributed by atoms with E-state index in [-0.39, 0.29) is 4.84 Å². The Hall–Kier alpha value is 1.57. The first-order valence-corrected chi connectivity index (χ1v) is 6.51. The van der Waals surface area contributed by atoms with Crippen molar-refractivity contribution < 1.29 is 0 Å². The number of halogens is 4. The summed E-state index contributed by atoms with van der Waals surface area (Å²) in [5.74, 6) is 0. The smallest absolute Gasteiger partial charge is 0.117 e. The van der Waals surface area contributed by atoms with E-state index in [2.05, 4.69) is 15.9 Å². The van der Waals surface area contributed by atoms with Crippen molar-refractivity contribution in [2.45, 2.75) is 4.84 Å². The molecule has 0 fully saturated rings. The predicted octanol–water partition coefficient (Wildman–Crippen LogP) is 1.69. The van der Waals surface area contributed by atoms with E-state index in [0.717, 1.165) is 9.55 Å². The van der Waals surface area contributed by atoms with Crippen LogP contribution in [0.4, 0.5) is 0 Å². The van der Waals surface area contributed by atoms with Gasteiger partial charge in [0.25, 0.3) is 0 Å². The summed E-state index contributed by atoms with van der Waals surface area (Å²) >= 11 is 18.2. The molecule has 0 rings (SSSR count). The van der Waals surface area contributed by atoms with Gasteiger partial charge in [0, 0.05) is 5.33 Å². The molecule has 0 saturated heterocycles. The Labute approximate surface area is 69.8 Å². The normalized spacial score (nSPS) is 8.14. The predicted molar refractivity (Wildman–Crippen MR) is 45.1 cm³/mol. The number of hydrogen-bond acceptors (Lipinski definition) is 0. The lowest BCUT2D eigenvalue weighted by Crippen LogP contribution is -1.81. The molecule has 0 unspecified atom stereocenters. The molecule has 0 heterocycles. The van der Waals surface area contributed by atoms with Gasteiger partial charge in [0.1, 0.15) is 14.4 Å². The Bertz CT molecular complexity index is 26.9. The summed E-state index contributed by atoms with van der Waals surface area (Å²) in [7, 11) is 0.778. The van der Waals surface area contributed by atoms with Crippen LogP contribution < -0.4 is 0 Å². The van der Waals surface area contributed by atoms with Gasteiger partial charge in [-0.05, 0) is 0 Å². The summed E-state index contributed by atoms with van der Waals surface area (Å²) in [6, 6.07) is 0. The fourth-order valence-corrected chi connectivity index (χ4v) is 0. The molecule has 0 N–H and O–H groups in total. The summed E-state index contributed by atoms with van der Waals surface area (Å²) in [6.07, 6.45) is 0. The van der Waals surface area contributed by atoms with Gasteiger partial charge in [-0.25, -0.2) is 0 Å². The Morgan fingerprint density at radius 3 is 1.57 bits per heavy atom. The van der Waals surface area contributed by atoms with Crippen LogP contribution in [-0.2, 0) is 0 Å². The topological polar surface area (TPSA) is 0 Å². The van der Waals surface area contributed by atoms with Crippen molar-refractivity contribution in [2.75, 3.05) is 5.33 Å². The first-order chi connectivity index (χ1) is 3.27. The van der Waals surface area contributed by atoms with E-state index in [1.165, 1.54) is 0 Å². The van der Waals surface area contributed by atoms with Crippen LogP contribution in [0.25, 0.3) is 0 Å². The molecular formula is C2H6BrCl3Si. The fourth-order valence-electron chi connectivity index (χ4n) is 0. The van der Waals surface area contributed by atoms with Gasteiger partial charge in [0.2, 0.25) is 0 Å². The lowest BCUT2D eigenvalue weighted by molar-refractivity contribution is 1.44. The molecule has 0 bridgehead atoms. The third-order valence-corrected chi connectivity index (χ3v) is 1.82. The number of hydrogen-bond donors (Lipinski definition) is 0. The maximum absolute atomic E-state index is 5.18. The zero-order valence-electron chi connectivity index (χ0n) is 3.80. The van der Waals surface area contributed by atoms with Crippen molar-refractivity contribution in [3.8, 4) is 0 Å². The molecule has 0 amide bonds. The maximum atomic E-state index is 5.18. The average molecular weight is 244 g/mol. The van der Waals surface area contributed by atoms with Crippen LogP contribution in [0.5, 0.6) is 0 Å². The van der Waals surface area contributed by atoms with Crippen molar-refractivity contribution in [1.29, 1.82) is 0 Å². The molecular weight excluding hydrogens is 238 g/mol. The first-order valence-electron chi connectivity index (χ1n) is 1.49. The van der Waals surface area contributed by atoms with Crippen molar-refractivity contribution in [3.05, 3.63) is 0 Å². The van der Waals surface area contributed by atoms with Gasteiger partial charge in [0.05, 0.1) is 0 Å². The van der Waals surface area contributed by atoms with Gasteiger partial charge in [-0.1, -0.05) is 15.9 Å². The highest BCUT2D eigenvalue weighted by Crippen LogP contribution is 2.02. The molecule has 0 radical (unpaired) electrons. The summed E-state index contributed by atoms with van der Waals surface area (Å²) < 4.78 is 0. The van der Waals surface area contributed by atoms with Gasteiger partial charge in [0.15, 0.2) is 0 Å². The highest BCUT2D eigenvalue weighted by atomic mass is 79.9. The van der Waals surface area contributed by atoms with E-state index in [9.17, 15) is 0 Å². The van der Waals surface area contributed by atoms with E-state index in [1.807, 2.05) is 0 Å². The van der Waals surface area contributed by atoms with Crippen LogP contribution in [0.2, 0.25) is 0 Å². The van der Waals surface area contributed by atoms with Crippen molar-refractivity contribution in [3.63, 3.8) is 0 Å². The quantitative estimate of drug-likeness (QED) is 0.374. The largest absolute Gasteiger partial charge is 0.181 e. The van der Waals surface area contributed by atoms with E-state index < -0.39 is 0 Å². The highest BCUT2D eigenvalue weighted by Gasteiger charge is 1.88. The molecule has 0 aliphatic heterocycles. The summed E-state index contributed by atoms with van der Waals surface area (Å²) in [6.45, 7) is 0. The Morgan fingerprint density at radius 1 is 1.43 bits per heavy atom. The van der Waals surface area contributed by atoms with Crippen molar-refractivity contribution in [1.82, 2.24) is 0 Å². The zero-order chi connectivity index (χ0) is 6.28. The van der Waals surface area contributed by atoms with Gasteiger partial charge in [-0.2, -0.15) is 11.1 Å². The van der Waals surface area contributed by atoms with E-state index in [4.69, 9.17) is 34.3 Å². The molecule has 0 nitrogen and oxygen atoms in total. The van der Waals surface area contributed by atoms with Gasteiger partial charge in [-0.3, -0.25) is 0 Å². The van der Waals surface area contributed by atoms with Gasteiger partial charge < -0.3 is 0 Å². The maximum Gasteiger partial charge on any atom is 0.117 e. The van der Waals surface area contributed by atoms with E-state index >= 15 is 0 Å². The molecule has 0 aromatic carbocycles. The monoisotopic (exact) mass is 242 g/mol. The van der Waals surface area contributed by atoms with Crippen LogP contribution in [0.15, 0.2) is 0 Å². The summed E-state index contributed by atoms with van der Waals surface area (Å²) in [5, 5.41) is 0.649. The molecule has 0 aromatic heterocycles. The van der Waals surface area contributed by atoms with Crippen LogP contribution in [0, 0.1) is 0 Å². The second-order valence-electron chi connectivity index (χ2n) is 0.545. The molecule has 0 atom stereocenters. The Balaban J connectivity index is 0. The SMILES string of the molecule is ClC(Cl)CBr.[SiH3]Cl. The number of rotatable bonds is 1. The van der Waals surface area contributed by atoms with E-state index in [1.54, 1.807) is 0 Å². The Morgan fingerprint density at radius 2 is 1.57 bits per heavy atom. The lowest BCUT2D eigenvalue weighted by atomic mass is 11.0. The summed E-state index contributed by atoms with van der Waals surface area (Å²) in [4.78, 5) is -0.255. The highest BCUT2D eigenvalue weighted by molar-refractivity contribution is 9.09. The third-order valence-electron chi connectivity index (χ3n) is 0.117.